The van der Waals surface area contributed by atoms with Gasteiger partial charge in [0.05, 0.1) is 25.4 Å². The second-order valence-corrected chi connectivity index (χ2v) is 23.9. The molecule has 0 spiro atoms. The molecule has 2 atom stereocenters. The van der Waals surface area contributed by atoms with Crippen LogP contribution in [0.1, 0.15) is 386 Å². The number of unbranched alkanes of at least 4 members (excludes halogenated alkanes) is 50. The van der Waals surface area contributed by atoms with E-state index in [2.05, 4.69) is 43.5 Å². The number of hydrogen-bond donors (Lipinski definition) is 3. The Bertz CT molecular complexity index is 1190. The fourth-order valence-corrected chi connectivity index (χ4v) is 11.0. The Morgan fingerprint density at radius 3 is 1.01 bits per heavy atom. The molecule has 0 aliphatic carbocycles. The van der Waals surface area contributed by atoms with Gasteiger partial charge in [-0.05, 0) is 57.8 Å². The summed E-state index contributed by atoms with van der Waals surface area (Å²) in [6.45, 7) is 4.96. The van der Waals surface area contributed by atoms with Gasteiger partial charge in [-0.1, -0.05) is 340 Å². The van der Waals surface area contributed by atoms with Crippen LogP contribution in [-0.2, 0) is 14.3 Å². The third-order valence-corrected chi connectivity index (χ3v) is 16.3. The van der Waals surface area contributed by atoms with Gasteiger partial charge in [-0.2, -0.15) is 0 Å². The molecule has 0 radical (unpaired) electrons. The van der Waals surface area contributed by atoms with Crippen molar-refractivity contribution in [1.29, 1.82) is 0 Å². The fraction of sp³-hybridized carbons (Fsp3) is 0.914. The molecule has 0 rings (SSSR count). The average Bonchev–Trinajstić information content (AvgIpc) is 3.42. The molecule has 2 unspecified atom stereocenters. The van der Waals surface area contributed by atoms with E-state index in [1.54, 1.807) is 0 Å². The van der Waals surface area contributed by atoms with Gasteiger partial charge in [-0.25, -0.2) is 0 Å². The molecule has 6 heteroatoms. The molecule has 0 saturated heterocycles. The van der Waals surface area contributed by atoms with Crippen LogP contribution in [0, 0.1) is 0 Å². The van der Waals surface area contributed by atoms with E-state index in [1.807, 2.05) is 0 Å². The highest BCUT2D eigenvalue weighted by atomic mass is 16.5. The van der Waals surface area contributed by atoms with Crippen LogP contribution in [0.25, 0.3) is 0 Å². The quantitative estimate of drug-likeness (QED) is 0.0320. The van der Waals surface area contributed by atoms with Crippen molar-refractivity contribution in [1.82, 2.24) is 5.32 Å². The predicted molar refractivity (Wildman–Crippen MR) is 333 cm³/mol. The SMILES string of the molecule is CCCCCC/C=C\C/C=C\CCCCCCCCCC(=O)OCCCCCCCCCCCCCCCCCCCC(=O)NC(CO)C(O)CCCCCCCCCCCCCCCCCCCCCCCCCC. The summed E-state index contributed by atoms with van der Waals surface area (Å²) >= 11 is 0. The Labute approximate surface area is 475 Å². The van der Waals surface area contributed by atoms with E-state index in [0.29, 0.717) is 25.9 Å². The first kappa shape index (κ1) is 74.3. The first-order valence-electron chi connectivity index (χ1n) is 34.6. The number of carbonyl (C=O) groups excluding carboxylic acids is 2. The second-order valence-electron chi connectivity index (χ2n) is 23.9. The molecule has 0 fully saturated rings. The van der Waals surface area contributed by atoms with Gasteiger partial charge in [0.25, 0.3) is 0 Å². The number of amides is 1. The minimum Gasteiger partial charge on any atom is -0.466 e. The molecule has 0 saturated carbocycles. The highest BCUT2D eigenvalue weighted by molar-refractivity contribution is 5.76. The largest absolute Gasteiger partial charge is 0.466 e. The lowest BCUT2D eigenvalue weighted by atomic mass is 10.0. The molecule has 1 amide bonds. The topological polar surface area (TPSA) is 95.9 Å². The maximum atomic E-state index is 12.6. The van der Waals surface area contributed by atoms with Crippen LogP contribution in [0.15, 0.2) is 24.3 Å². The smallest absolute Gasteiger partial charge is 0.305 e. The fourth-order valence-electron chi connectivity index (χ4n) is 11.0. The van der Waals surface area contributed by atoms with Crippen molar-refractivity contribution in [2.75, 3.05) is 13.2 Å². The van der Waals surface area contributed by atoms with Crippen molar-refractivity contribution < 1.29 is 24.5 Å². The van der Waals surface area contributed by atoms with Crippen LogP contribution < -0.4 is 5.32 Å². The monoisotopic (exact) mass is 1070 g/mol. The first-order chi connectivity index (χ1) is 37.5. The molecular formula is C70H135NO5. The normalized spacial score (nSPS) is 12.6. The molecule has 0 heterocycles. The summed E-state index contributed by atoms with van der Waals surface area (Å²) in [7, 11) is 0. The van der Waals surface area contributed by atoms with Gasteiger partial charge < -0.3 is 20.3 Å². The van der Waals surface area contributed by atoms with Crippen molar-refractivity contribution in [3.05, 3.63) is 24.3 Å². The number of carbonyl (C=O) groups is 2. The minimum absolute atomic E-state index is 0.000694. The van der Waals surface area contributed by atoms with E-state index in [-0.39, 0.29) is 18.5 Å². The molecule has 0 bridgehead atoms. The lowest BCUT2D eigenvalue weighted by Gasteiger charge is -2.22. The molecule has 0 aromatic carbocycles. The van der Waals surface area contributed by atoms with Gasteiger partial charge in [0.15, 0.2) is 0 Å². The summed E-state index contributed by atoms with van der Waals surface area (Å²) < 4.78 is 5.50. The van der Waals surface area contributed by atoms with E-state index in [0.717, 1.165) is 51.4 Å². The molecule has 6 nitrogen and oxygen atoms in total. The second kappa shape index (κ2) is 65.9. The van der Waals surface area contributed by atoms with Gasteiger partial charge >= 0.3 is 5.97 Å². The molecule has 76 heavy (non-hydrogen) atoms. The van der Waals surface area contributed by atoms with Crippen molar-refractivity contribution in [2.24, 2.45) is 0 Å². The number of aliphatic hydroxyl groups excluding tert-OH is 2. The Morgan fingerprint density at radius 1 is 0.368 bits per heavy atom. The number of aliphatic hydroxyl groups is 2. The van der Waals surface area contributed by atoms with E-state index >= 15 is 0 Å². The Morgan fingerprint density at radius 2 is 0.658 bits per heavy atom. The number of hydrogen-bond acceptors (Lipinski definition) is 5. The predicted octanol–water partition coefficient (Wildman–Crippen LogP) is 22.1. The zero-order chi connectivity index (χ0) is 55.0. The molecule has 0 aliphatic rings. The Hall–Kier alpha value is -1.66. The molecule has 3 N–H and O–H groups in total. The number of allylic oxidation sites excluding steroid dienone is 4. The summed E-state index contributed by atoms with van der Waals surface area (Å²) in [5, 5.41) is 23.4. The maximum Gasteiger partial charge on any atom is 0.305 e. The average molecular weight is 1070 g/mol. The van der Waals surface area contributed by atoms with Crippen molar-refractivity contribution in [3.8, 4) is 0 Å². The minimum atomic E-state index is -0.670. The lowest BCUT2D eigenvalue weighted by molar-refractivity contribution is -0.143. The first-order valence-corrected chi connectivity index (χ1v) is 34.6. The van der Waals surface area contributed by atoms with Gasteiger partial charge in [-0.3, -0.25) is 9.59 Å². The molecular weight excluding hydrogens is 935 g/mol. The molecule has 450 valence electrons. The molecule has 0 aromatic rings. The maximum absolute atomic E-state index is 12.6. The van der Waals surface area contributed by atoms with Crippen LogP contribution in [0.4, 0.5) is 0 Å². The Balaban J connectivity index is 3.41. The Kier molecular flexibility index (Phi) is 64.4. The number of ether oxygens (including phenoxy) is 1. The van der Waals surface area contributed by atoms with Crippen LogP contribution >= 0.6 is 0 Å². The van der Waals surface area contributed by atoms with Gasteiger partial charge in [-0.15, -0.1) is 0 Å². The van der Waals surface area contributed by atoms with Crippen molar-refractivity contribution >= 4 is 11.9 Å². The highest BCUT2D eigenvalue weighted by Crippen LogP contribution is 2.19. The van der Waals surface area contributed by atoms with E-state index in [4.69, 9.17) is 4.74 Å². The van der Waals surface area contributed by atoms with Crippen LogP contribution in [-0.4, -0.2) is 47.4 Å². The number of rotatable bonds is 65. The summed E-state index contributed by atoms with van der Waals surface area (Å²) in [4.78, 5) is 24.7. The van der Waals surface area contributed by atoms with Crippen LogP contribution in [0.3, 0.4) is 0 Å². The highest BCUT2D eigenvalue weighted by Gasteiger charge is 2.20. The third kappa shape index (κ3) is 61.6. The molecule has 0 aromatic heterocycles. The third-order valence-electron chi connectivity index (χ3n) is 16.3. The van der Waals surface area contributed by atoms with E-state index in [9.17, 15) is 19.8 Å². The summed E-state index contributed by atoms with van der Waals surface area (Å²) in [6.07, 6.45) is 82.0. The zero-order valence-electron chi connectivity index (χ0n) is 51.5. The van der Waals surface area contributed by atoms with Gasteiger partial charge in [0.1, 0.15) is 0 Å². The lowest BCUT2D eigenvalue weighted by Crippen LogP contribution is -2.45. The molecule has 0 aliphatic heterocycles. The summed E-state index contributed by atoms with van der Waals surface area (Å²) in [5.74, 6) is -0.0366. The van der Waals surface area contributed by atoms with Crippen molar-refractivity contribution in [3.63, 3.8) is 0 Å². The van der Waals surface area contributed by atoms with E-state index in [1.165, 1.54) is 302 Å². The number of nitrogens with one attached hydrogen (secondary N) is 1. The summed E-state index contributed by atoms with van der Waals surface area (Å²) in [5.41, 5.74) is 0. The zero-order valence-corrected chi connectivity index (χ0v) is 51.5. The van der Waals surface area contributed by atoms with E-state index < -0.39 is 12.1 Å². The van der Waals surface area contributed by atoms with Gasteiger partial charge in [0.2, 0.25) is 5.91 Å². The van der Waals surface area contributed by atoms with Crippen LogP contribution in [0.2, 0.25) is 0 Å². The van der Waals surface area contributed by atoms with Gasteiger partial charge in [0, 0.05) is 12.8 Å². The van der Waals surface area contributed by atoms with Crippen LogP contribution in [0.5, 0.6) is 0 Å². The number of esters is 1. The standard InChI is InChI=1S/C70H135NO5/c1-3-5-7-9-11-13-15-17-19-21-23-24-25-26-27-28-30-34-38-42-46-50-54-58-62-68(73)67(66-72)71-69(74)63-59-55-51-47-43-39-35-31-29-33-37-41-45-49-53-57-61-65-76-70(75)64-60-56-52-48-44-40-36-32-22-20-18-16-14-12-10-8-6-4-2/h14,16,20,22,67-68,72-73H,3-13,15,17-19,21,23-66H2,1-2H3,(H,71,74)/b16-14-,22-20-. The summed E-state index contributed by atoms with van der Waals surface area (Å²) in [6, 6.07) is -0.547. The van der Waals surface area contributed by atoms with Crippen molar-refractivity contribution in [2.45, 2.75) is 398 Å².